The van der Waals surface area contributed by atoms with Gasteiger partial charge in [0.2, 0.25) is 10.0 Å². The molecule has 2 aromatic heterocycles. The van der Waals surface area contributed by atoms with Crippen LogP contribution in [-0.4, -0.2) is 30.0 Å². The molecule has 1 N–H and O–H groups in total. The summed E-state index contributed by atoms with van der Waals surface area (Å²) < 4.78 is 25.8. The van der Waals surface area contributed by atoms with Crippen molar-refractivity contribution in [2.45, 2.75) is 18.4 Å². The zero-order chi connectivity index (χ0) is 12.5. The fraction of sp³-hybridized carbons (Fsp3) is 0.300. The first-order valence-corrected chi connectivity index (χ1v) is 7.32. The van der Waals surface area contributed by atoms with Crippen LogP contribution in [-0.2, 0) is 16.6 Å². The Labute approximate surface area is 104 Å². The maximum atomic E-state index is 12.2. The SMILES string of the molecule is Cc1[nH]ncc1S(=O)(=O)N(C)Cc1cccs1. The molecule has 2 aromatic rings. The van der Waals surface area contributed by atoms with E-state index in [0.29, 0.717) is 12.2 Å². The van der Waals surface area contributed by atoms with Crippen LogP contribution in [0.25, 0.3) is 0 Å². The van der Waals surface area contributed by atoms with Gasteiger partial charge in [-0.25, -0.2) is 8.42 Å². The lowest BCUT2D eigenvalue weighted by atomic mass is 10.5. The minimum Gasteiger partial charge on any atom is -0.281 e. The van der Waals surface area contributed by atoms with Crippen molar-refractivity contribution in [3.8, 4) is 0 Å². The fourth-order valence-corrected chi connectivity index (χ4v) is 3.58. The van der Waals surface area contributed by atoms with Crippen LogP contribution in [0, 0.1) is 6.92 Å². The van der Waals surface area contributed by atoms with Crippen LogP contribution in [0.15, 0.2) is 28.6 Å². The van der Waals surface area contributed by atoms with Gasteiger partial charge in [-0.1, -0.05) is 6.07 Å². The smallest absolute Gasteiger partial charge is 0.246 e. The Morgan fingerprint density at radius 2 is 2.29 bits per heavy atom. The highest BCUT2D eigenvalue weighted by atomic mass is 32.2. The number of hydrogen-bond donors (Lipinski definition) is 1. The van der Waals surface area contributed by atoms with Gasteiger partial charge in [0.15, 0.2) is 0 Å². The standard InChI is InChI=1S/C10H13N3O2S2/c1-8-10(6-11-12-8)17(14,15)13(2)7-9-4-3-5-16-9/h3-6H,7H2,1-2H3,(H,11,12). The molecule has 0 saturated carbocycles. The average Bonchev–Trinajstić information content (AvgIpc) is 2.89. The molecule has 7 heteroatoms. The number of rotatable bonds is 4. The third-order valence-corrected chi connectivity index (χ3v) is 5.21. The minimum atomic E-state index is -3.46. The topological polar surface area (TPSA) is 66.1 Å². The van der Waals surface area contributed by atoms with E-state index < -0.39 is 10.0 Å². The van der Waals surface area contributed by atoms with E-state index in [2.05, 4.69) is 10.2 Å². The van der Waals surface area contributed by atoms with E-state index in [1.54, 1.807) is 14.0 Å². The molecule has 0 saturated heterocycles. The zero-order valence-electron chi connectivity index (χ0n) is 9.54. The number of nitrogens with zero attached hydrogens (tertiary/aromatic N) is 2. The molecule has 0 aliphatic carbocycles. The fourth-order valence-electron chi connectivity index (χ4n) is 1.47. The molecule has 17 heavy (non-hydrogen) atoms. The Kier molecular flexibility index (Phi) is 3.32. The van der Waals surface area contributed by atoms with Gasteiger partial charge in [-0.3, -0.25) is 5.10 Å². The van der Waals surface area contributed by atoms with E-state index in [9.17, 15) is 8.42 Å². The first kappa shape index (κ1) is 12.3. The lowest BCUT2D eigenvalue weighted by Crippen LogP contribution is -2.26. The normalized spacial score (nSPS) is 12.2. The molecule has 0 atom stereocenters. The van der Waals surface area contributed by atoms with Crippen LogP contribution in [0.3, 0.4) is 0 Å². The number of aryl methyl sites for hydroxylation is 1. The Hall–Kier alpha value is -1.18. The summed E-state index contributed by atoms with van der Waals surface area (Å²) >= 11 is 1.54. The van der Waals surface area contributed by atoms with E-state index in [1.807, 2.05) is 17.5 Å². The lowest BCUT2D eigenvalue weighted by Gasteiger charge is -2.15. The van der Waals surface area contributed by atoms with Gasteiger partial charge in [0.25, 0.3) is 0 Å². The highest BCUT2D eigenvalue weighted by molar-refractivity contribution is 7.89. The molecule has 0 amide bonds. The van der Waals surface area contributed by atoms with Gasteiger partial charge in [0.1, 0.15) is 4.90 Å². The molecule has 2 heterocycles. The van der Waals surface area contributed by atoms with Gasteiger partial charge in [-0.15, -0.1) is 11.3 Å². The van der Waals surface area contributed by atoms with Gasteiger partial charge >= 0.3 is 0 Å². The molecule has 0 spiro atoms. The average molecular weight is 271 g/mol. The summed E-state index contributed by atoms with van der Waals surface area (Å²) in [6.45, 7) is 2.07. The molecule has 2 rings (SSSR count). The van der Waals surface area contributed by atoms with Gasteiger partial charge < -0.3 is 0 Å². The number of sulfonamides is 1. The summed E-state index contributed by atoms with van der Waals surface area (Å²) in [4.78, 5) is 1.24. The lowest BCUT2D eigenvalue weighted by molar-refractivity contribution is 0.469. The predicted molar refractivity (Wildman–Crippen MR) is 66.3 cm³/mol. The van der Waals surface area contributed by atoms with E-state index in [1.165, 1.54) is 21.8 Å². The van der Waals surface area contributed by atoms with Crippen molar-refractivity contribution >= 4 is 21.4 Å². The summed E-state index contributed by atoms with van der Waals surface area (Å²) in [6.07, 6.45) is 1.34. The molecule has 92 valence electrons. The highest BCUT2D eigenvalue weighted by Gasteiger charge is 2.24. The second kappa shape index (κ2) is 4.59. The van der Waals surface area contributed by atoms with E-state index in [-0.39, 0.29) is 4.90 Å². The Morgan fingerprint density at radius 1 is 1.53 bits per heavy atom. The van der Waals surface area contributed by atoms with Crippen molar-refractivity contribution in [3.05, 3.63) is 34.3 Å². The second-order valence-electron chi connectivity index (χ2n) is 3.70. The van der Waals surface area contributed by atoms with Crippen LogP contribution >= 0.6 is 11.3 Å². The van der Waals surface area contributed by atoms with Crippen molar-refractivity contribution in [1.82, 2.24) is 14.5 Å². The molecule has 0 unspecified atom stereocenters. The number of H-pyrrole nitrogens is 1. The minimum absolute atomic E-state index is 0.233. The molecule has 0 fully saturated rings. The third kappa shape index (κ3) is 2.41. The summed E-state index contributed by atoms with van der Waals surface area (Å²) in [5.74, 6) is 0. The molecular formula is C10H13N3O2S2. The van der Waals surface area contributed by atoms with Crippen LogP contribution in [0.1, 0.15) is 10.6 Å². The molecule has 0 aliphatic rings. The van der Waals surface area contributed by atoms with Gasteiger partial charge in [0, 0.05) is 18.5 Å². The molecule has 0 bridgehead atoms. The molecule has 0 aromatic carbocycles. The zero-order valence-corrected chi connectivity index (χ0v) is 11.2. The van der Waals surface area contributed by atoms with Crippen molar-refractivity contribution in [1.29, 1.82) is 0 Å². The highest BCUT2D eigenvalue weighted by Crippen LogP contribution is 2.19. The first-order chi connectivity index (χ1) is 8.01. The maximum Gasteiger partial charge on any atom is 0.246 e. The molecular weight excluding hydrogens is 258 g/mol. The third-order valence-electron chi connectivity index (χ3n) is 2.43. The van der Waals surface area contributed by atoms with Crippen molar-refractivity contribution in [3.63, 3.8) is 0 Å². The summed E-state index contributed by atoms with van der Waals surface area (Å²) in [6, 6.07) is 3.82. The number of nitrogens with one attached hydrogen (secondary N) is 1. The quantitative estimate of drug-likeness (QED) is 0.918. The van der Waals surface area contributed by atoms with Crippen LogP contribution in [0.5, 0.6) is 0 Å². The predicted octanol–water partition coefficient (Wildman–Crippen LogP) is 1.60. The number of aromatic amines is 1. The van der Waals surface area contributed by atoms with Crippen LogP contribution in [0.4, 0.5) is 0 Å². The summed E-state index contributed by atoms with van der Waals surface area (Å²) in [5, 5.41) is 8.30. The van der Waals surface area contributed by atoms with Crippen molar-refractivity contribution in [2.75, 3.05) is 7.05 Å². The monoisotopic (exact) mass is 271 g/mol. The molecule has 0 radical (unpaired) electrons. The number of thiophene rings is 1. The Bertz CT molecular complexity index is 587. The number of hydrogen-bond acceptors (Lipinski definition) is 4. The first-order valence-electron chi connectivity index (χ1n) is 5.00. The Morgan fingerprint density at radius 3 is 2.82 bits per heavy atom. The molecule has 0 aliphatic heterocycles. The van der Waals surface area contributed by atoms with Crippen LogP contribution in [0.2, 0.25) is 0 Å². The molecule has 5 nitrogen and oxygen atoms in total. The Balaban J connectivity index is 2.25. The van der Waals surface area contributed by atoms with E-state index in [0.717, 1.165) is 4.88 Å². The second-order valence-corrected chi connectivity index (χ2v) is 6.75. The van der Waals surface area contributed by atoms with E-state index in [4.69, 9.17) is 0 Å². The number of aromatic nitrogens is 2. The van der Waals surface area contributed by atoms with Crippen molar-refractivity contribution < 1.29 is 8.42 Å². The van der Waals surface area contributed by atoms with Crippen LogP contribution < -0.4 is 0 Å². The van der Waals surface area contributed by atoms with Gasteiger partial charge in [-0.05, 0) is 18.4 Å². The largest absolute Gasteiger partial charge is 0.281 e. The van der Waals surface area contributed by atoms with Crippen molar-refractivity contribution in [2.24, 2.45) is 0 Å². The van der Waals surface area contributed by atoms with E-state index >= 15 is 0 Å². The van der Waals surface area contributed by atoms with Gasteiger partial charge in [0.05, 0.1) is 11.9 Å². The van der Waals surface area contributed by atoms with Gasteiger partial charge in [-0.2, -0.15) is 9.40 Å². The summed E-state index contributed by atoms with van der Waals surface area (Å²) in [5.41, 5.74) is 0.558. The summed E-state index contributed by atoms with van der Waals surface area (Å²) in [7, 11) is -1.89. The maximum absolute atomic E-state index is 12.2.